The van der Waals surface area contributed by atoms with Crippen LogP contribution in [0.3, 0.4) is 0 Å². The van der Waals surface area contributed by atoms with Gasteiger partial charge in [-0.25, -0.2) is 4.98 Å². The summed E-state index contributed by atoms with van der Waals surface area (Å²) in [7, 11) is 3.82. The molecule has 1 aromatic heterocycles. The molecule has 1 fully saturated rings. The first-order valence-corrected chi connectivity index (χ1v) is 9.35. The van der Waals surface area contributed by atoms with Gasteiger partial charge in [-0.2, -0.15) is 0 Å². The third-order valence-corrected chi connectivity index (χ3v) is 4.47. The summed E-state index contributed by atoms with van der Waals surface area (Å²) in [6, 6.07) is 10.2. The van der Waals surface area contributed by atoms with Gasteiger partial charge in [-0.05, 0) is 30.7 Å². The molecule has 0 amide bonds. The summed E-state index contributed by atoms with van der Waals surface area (Å²) < 4.78 is 5.67. The second-order valence-corrected chi connectivity index (χ2v) is 6.81. The first-order valence-electron chi connectivity index (χ1n) is 9.35. The third kappa shape index (κ3) is 7.14. The summed E-state index contributed by atoms with van der Waals surface area (Å²) in [5.74, 6) is 2.61. The van der Waals surface area contributed by atoms with Crippen molar-refractivity contribution in [1.29, 1.82) is 0 Å². The van der Waals surface area contributed by atoms with E-state index in [-0.39, 0.29) is 24.0 Å². The fourth-order valence-electron chi connectivity index (χ4n) is 2.80. The van der Waals surface area contributed by atoms with Gasteiger partial charge in [-0.3, -0.25) is 4.99 Å². The highest BCUT2D eigenvalue weighted by Crippen LogP contribution is 2.28. The maximum atomic E-state index is 5.67. The Morgan fingerprint density at radius 3 is 2.81 bits per heavy atom. The second-order valence-electron chi connectivity index (χ2n) is 6.81. The molecule has 7 heteroatoms. The first-order chi connectivity index (χ1) is 12.8. The van der Waals surface area contributed by atoms with E-state index in [1.165, 1.54) is 12.8 Å². The van der Waals surface area contributed by atoms with Gasteiger partial charge in [0.25, 0.3) is 0 Å². The lowest BCUT2D eigenvalue weighted by Crippen LogP contribution is -2.39. The van der Waals surface area contributed by atoms with Crippen molar-refractivity contribution in [2.75, 3.05) is 33.9 Å². The van der Waals surface area contributed by atoms with E-state index in [4.69, 9.17) is 4.74 Å². The average Bonchev–Trinajstić information content (AvgIpc) is 3.38. The first kappa shape index (κ1) is 21.7. The average molecular weight is 483 g/mol. The number of rotatable bonds is 9. The molecule has 0 bridgehead atoms. The number of hydrogen-bond donors (Lipinski definition) is 2. The molecule has 0 spiro atoms. The van der Waals surface area contributed by atoms with E-state index in [1.807, 2.05) is 31.4 Å². The SMILES string of the molecule is CN=C(NCCCOCC1CC1)N(C)Cc1ncc(-c2ccccc2)[nH]1.I. The molecule has 0 unspecified atom stereocenters. The molecular formula is C20H30IN5O. The summed E-state index contributed by atoms with van der Waals surface area (Å²) in [6.07, 6.45) is 5.55. The lowest BCUT2D eigenvalue weighted by Gasteiger charge is -2.21. The topological polar surface area (TPSA) is 65.5 Å². The molecule has 0 atom stereocenters. The quantitative estimate of drug-likeness (QED) is 0.248. The summed E-state index contributed by atoms with van der Waals surface area (Å²) in [5, 5.41) is 3.39. The van der Waals surface area contributed by atoms with Crippen LogP contribution in [0, 0.1) is 5.92 Å². The predicted octanol–water partition coefficient (Wildman–Crippen LogP) is 3.52. The molecule has 1 aliphatic carbocycles. The highest BCUT2D eigenvalue weighted by atomic mass is 127. The number of aromatic nitrogens is 2. The van der Waals surface area contributed by atoms with E-state index in [1.54, 1.807) is 7.05 Å². The van der Waals surface area contributed by atoms with Crippen molar-refractivity contribution in [3.05, 3.63) is 42.4 Å². The highest BCUT2D eigenvalue weighted by Gasteiger charge is 2.20. The molecule has 148 valence electrons. The number of halogens is 1. The standard InChI is InChI=1S/C20H29N5O.HI/c1-21-20(22-11-6-12-26-15-16-9-10-16)25(2)14-19-23-13-18(24-19)17-7-4-3-5-8-17;/h3-5,7-8,13,16H,6,9-12,14-15H2,1-2H3,(H,21,22)(H,23,24);1H. The zero-order chi connectivity index (χ0) is 18.2. The van der Waals surface area contributed by atoms with Crippen molar-refractivity contribution < 1.29 is 4.74 Å². The van der Waals surface area contributed by atoms with Gasteiger partial charge in [0.1, 0.15) is 5.82 Å². The molecular weight excluding hydrogens is 453 g/mol. The molecule has 2 N–H and O–H groups in total. The zero-order valence-corrected chi connectivity index (χ0v) is 18.5. The second kappa shape index (κ2) is 11.3. The molecule has 1 aromatic carbocycles. The van der Waals surface area contributed by atoms with E-state index in [0.29, 0.717) is 6.54 Å². The van der Waals surface area contributed by atoms with Crippen LogP contribution in [-0.4, -0.2) is 54.7 Å². The molecule has 27 heavy (non-hydrogen) atoms. The third-order valence-electron chi connectivity index (χ3n) is 4.47. The number of aromatic amines is 1. The molecule has 0 radical (unpaired) electrons. The van der Waals surface area contributed by atoms with E-state index in [0.717, 1.165) is 55.1 Å². The summed E-state index contributed by atoms with van der Waals surface area (Å²) >= 11 is 0. The minimum Gasteiger partial charge on any atom is -0.381 e. The number of H-pyrrole nitrogens is 1. The Bertz CT molecular complexity index is 699. The van der Waals surface area contributed by atoms with Gasteiger partial charge >= 0.3 is 0 Å². The minimum atomic E-state index is 0. The van der Waals surface area contributed by atoms with Crippen LogP contribution in [0.4, 0.5) is 0 Å². The Hall–Kier alpha value is -1.61. The van der Waals surface area contributed by atoms with Crippen LogP contribution < -0.4 is 5.32 Å². The fraction of sp³-hybridized carbons (Fsp3) is 0.500. The van der Waals surface area contributed by atoms with Crippen LogP contribution in [0.25, 0.3) is 11.3 Å². The molecule has 0 aliphatic heterocycles. The number of aliphatic imine (C=N–C) groups is 1. The molecule has 2 aromatic rings. The maximum absolute atomic E-state index is 5.67. The van der Waals surface area contributed by atoms with Crippen molar-refractivity contribution in [2.24, 2.45) is 10.9 Å². The van der Waals surface area contributed by atoms with Crippen molar-refractivity contribution in [3.63, 3.8) is 0 Å². The Morgan fingerprint density at radius 1 is 1.33 bits per heavy atom. The van der Waals surface area contributed by atoms with Gasteiger partial charge in [0.2, 0.25) is 0 Å². The Balaban J connectivity index is 0.00000261. The normalized spacial score (nSPS) is 13.9. The molecule has 6 nitrogen and oxygen atoms in total. The van der Waals surface area contributed by atoms with Crippen LogP contribution in [0.15, 0.2) is 41.5 Å². The molecule has 0 saturated heterocycles. The Kier molecular flexibility index (Phi) is 9.06. The lowest BCUT2D eigenvalue weighted by molar-refractivity contribution is 0.122. The van der Waals surface area contributed by atoms with E-state index < -0.39 is 0 Å². The number of benzene rings is 1. The van der Waals surface area contributed by atoms with Crippen LogP contribution in [0.1, 0.15) is 25.1 Å². The smallest absolute Gasteiger partial charge is 0.193 e. The number of nitrogens with one attached hydrogen (secondary N) is 2. The summed E-state index contributed by atoms with van der Waals surface area (Å²) in [4.78, 5) is 14.3. The predicted molar refractivity (Wildman–Crippen MR) is 120 cm³/mol. The maximum Gasteiger partial charge on any atom is 0.193 e. The number of hydrogen-bond acceptors (Lipinski definition) is 3. The number of ether oxygens (including phenoxy) is 1. The lowest BCUT2D eigenvalue weighted by atomic mass is 10.2. The highest BCUT2D eigenvalue weighted by molar-refractivity contribution is 14.0. The molecule has 1 aliphatic rings. The molecule has 3 rings (SSSR count). The van der Waals surface area contributed by atoms with Gasteiger partial charge in [0.15, 0.2) is 5.96 Å². The summed E-state index contributed by atoms with van der Waals surface area (Å²) in [5.41, 5.74) is 2.17. The Morgan fingerprint density at radius 2 is 2.11 bits per heavy atom. The zero-order valence-electron chi connectivity index (χ0n) is 16.1. The van der Waals surface area contributed by atoms with Crippen LogP contribution in [0.2, 0.25) is 0 Å². The van der Waals surface area contributed by atoms with Gasteiger partial charge < -0.3 is 19.9 Å². The van der Waals surface area contributed by atoms with Crippen molar-refractivity contribution in [3.8, 4) is 11.3 Å². The summed E-state index contributed by atoms with van der Waals surface area (Å²) in [6.45, 7) is 3.26. The van der Waals surface area contributed by atoms with Gasteiger partial charge in [-0.1, -0.05) is 30.3 Å². The van der Waals surface area contributed by atoms with Crippen molar-refractivity contribution >= 4 is 29.9 Å². The molecule has 1 heterocycles. The van der Waals surface area contributed by atoms with Crippen molar-refractivity contribution in [2.45, 2.75) is 25.8 Å². The number of nitrogens with zero attached hydrogens (tertiary/aromatic N) is 3. The van der Waals surface area contributed by atoms with Gasteiger partial charge in [0, 0.05) is 33.9 Å². The van der Waals surface area contributed by atoms with E-state index in [9.17, 15) is 0 Å². The van der Waals surface area contributed by atoms with Crippen molar-refractivity contribution in [1.82, 2.24) is 20.2 Å². The van der Waals surface area contributed by atoms with Crippen LogP contribution in [-0.2, 0) is 11.3 Å². The number of guanidine groups is 1. The monoisotopic (exact) mass is 483 g/mol. The number of imidazole rings is 1. The van der Waals surface area contributed by atoms with Crippen LogP contribution >= 0.6 is 24.0 Å². The van der Waals surface area contributed by atoms with E-state index >= 15 is 0 Å². The molecule has 1 saturated carbocycles. The largest absolute Gasteiger partial charge is 0.381 e. The van der Waals surface area contributed by atoms with Crippen LogP contribution in [0.5, 0.6) is 0 Å². The Labute approximate surface area is 178 Å². The minimum absolute atomic E-state index is 0. The van der Waals surface area contributed by atoms with Gasteiger partial charge in [0.05, 0.1) is 18.4 Å². The van der Waals surface area contributed by atoms with E-state index in [2.05, 4.69) is 37.3 Å². The fourth-order valence-corrected chi connectivity index (χ4v) is 2.80. The van der Waals surface area contributed by atoms with Gasteiger partial charge in [-0.15, -0.1) is 24.0 Å².